The van der Waals surface area contributed by atoms with Gasteiger partial charge in [0.05, 0.1) is 0 Å². The quantitative estimate of drug-likeness (QED) is 0.617. The summed E-state index contributed by atoms with van der Waals surface area (Å²) in [5, 5.41) is 0. The molecule has 1 fully saturated rings. The molecule has 74 valence electrons. The van der Waals surface area contributed by atoms with E-state index in [0.717, 1.165) is 11.8 Å². The lowest BCUT2D eigenvalue weighted by molar-refractivity contribution is 0.290. The first-order valence-electron chi connectivity index (χ1n) is 5.41. The zero-order chi connectivity index (χ0) is 9.56. The maximum absolute atomic E-state index is 2.58. The summed E-state index contributed by atoms with van der Waals surface area (Å²) in [6.07, 6.45) is 1.41. The molecular formula is C11H25N. The number of nitrogens with zero attached hydrogens (tertiary/aromatic N) is 1. The van der Waals surface area contributed by atoms with E-state index in [-0.39, 0.29) is 0 Å². The monoisotopic (exact) mass is 171 g/mol. The van der Waals surface area contributed by atoms with Crippen molar-refractivity contribution in [2.24, 2.45) is 11.8 Å². The maximum Gasteiger partial charge on any atom is 0.000761 e. The van der Waals surface area contributed by atoms with Crippen molar-refractivity contribution in [3.63, 3.8) is 0 Å². The number of likely N-dealkylation sites (tertiary alicyclic amines) is 1. The average Bonchev–Trinajstić information content (AvgIpc) is 2.39. The van der Waals surface area contributed by atoms with Gasteiger partial charge in [0.15, 0.2) is 0 Å². The molecule has 12 heavy (non-hydrogen) atoms. The van der Waals surface area contributed by atoms with Gasteiger partial charge in [0.1, 0.15) is 0 Å². The van der Waals surface area contributed by atoms with Gasteiger partial charge in [-0.15, -0.1) is 0 Å². The predicted octanol–water partition coefficient (Wildman–Crippen LogP) is 3.01. The summed E-state index contributed by atoms with van der Waals surface area (Å²) in [5.74, 6) is 1.78. The van der Waals surface area contributed by atoms with Gasteiger partial charge in [0.2, 0.25) is 0 Å². The topological polar surface area (TPSA) is 3.24 Å². The molecule has 1 heterocycles. The lowest BCUT2D eigenvalue weighted by atomic mass is 10.2. The summed E-state index contributed by atoms with van der Waals surface area (Å²) in [6, 6.07) is 0. The Labute approximate surface area is 78.1 Å². The molecule has 1 aliphatic rings. The summed E-state index contributed by atoms with van der Waals surface area (Å²) in [5.41, 5.74) is 0. The van der Waals surface area contributed by atoms with Crippen molar-refractivity contribution in [1.82, 2.24) is 4.90 Å². The normalized spacial score (nSPS) is 24.0. The molecule has 0 aromatic heterocycles. The van der Waals surface area contributed by atoms with Gasteiger partial charge >= 0.3 is 0 Å². The van der Waals surface area contributed by atoms with Crippen LogP contribution in [0.15, 0.2) is 0 Å². The minimum Gasteiger partial charge on any atom is -0.303 e. The van der Waals surface area contributed by atoms with Crippen LogP contribution in [0, 0.1) is 11.8 Å². The second-order valence-electron chi connectivity index (χ2n) is 4.05. The summed E-state index contributed by atoms with van der Waals surface area (Å²) in [4.78, 5) is 2.58. The maximum atomic E-state index is 2.58. The Bertz CT molecular complexity index is 99.2. The minimum atomic E-state index is 0.838. The third kappa shape index (κ3) is 4.76. The molecule has 0 bridgehead atoms. The van der Waals surface area contributed by atoms with Crippen LogP contribution in [-0.4, -0.2) is 24.5 Å². The Morgan fingerprint density at radius 1 is 1.33 bits per heavy atom. The van der Waals surface area contributed by atoms with Gasteiger partial charge in [0, 0.05) is 13.1 Å². The fourth-order valence-electron chi connectivity index (χ4n) is 1.71. The molecule has 0 amide bonds. The Hall–Kier alpha value is -0.0400. The molecule has 0 N–H and O–H groups in total. The Balaban J connectivity index is 0.000000561. The van der Waals surface area contributed by atoms with Crippen LogP contribution in [-0.2, 0) is 0 Å². The van der Waals surface area contributed by atoms with Crippen LogP contribution >= 0.6 is 0 Å². The van der Waals surface area contributed by atoms with Crippen LogP contribution in [0.3, 0.4) is 0 Å². The molecule has 1 saturated heterocycles. The molecular weight excluding hydrogens is 146 g/mol. The van der Waals surface area contributed by atoms with E-state index in [1.54, 1.807) is 0 Å². The Morgan fingerprint density at radius 3 is 2.25 bits per heavy atom. The summed E-state index contributed by atoms with van der Waals surface area (Å²) in [7, 11) is 0. The first-order valence-corrected chi connectivity index (χ1v) is 5.41. The third-order valence-corrected chi connectivity index (χ3v) is 2.13. The molecule has 1 atom stereocenters. The fraction of sp³-hybridized carbons (Fsp3) is 1.00. The van der Waals surface area contributed by atoms with Crippen LogP contribution in [0.2, 0.25) is 0 Å². The molecule has 1 aliphatic heterocycles. The summed E-state index contributed by atoms with van der Waals surface area (Å²) < 4.78 is 0. The number of rotatable bonds is 2. The van der Waals surface area contributed by atoms with E-state index in [1.165, 1.54) is 26.1 Å². The molecule has 0 aliphatic carbocycles. The molecule has 1 nitrogen and oxygen atoms in total. The summed E-state index contributed by atoms with van der Waals surface area (Å²) in [6.45, 7) is 14.9. The summed E-state index contributed by atoms with van der Waals surface area (Å²) >= 11 is 0. The minimum absolute atomic E-state index is 0.838. The van der Waals surface area contributed by atoms with E-state index in [9.17, 15) is 0 Å². The van der Waals surface area contributed by atoms with Crippen molar-refractivity contribution >= 4 is 0 Å². The van der Waals surface area contributed by atoms with Crippen molar-refractivity contribution < 1.29 is 0 Å². The van der Waals surface area contributed by atoms with Crippen molar-refractivity contribution in [2.75, 3.05) is 19.6 Å². The van der Waals surface area contributed by atoms with E-state index in [1.807, 2.05) is 13.8 Å². The predicted molar refractivity (Wildman–Crippen MR) is 56.4 cm³/mol. The van der Waals surface area contributed by atoms with Gasteiger partial charge in [-0.2, -0.15) is 0 Å². The van der Waals surface area contributed by atoms with Crippen molar-refractivity contribution in [2.45, 2.75) is 41.0 Å². The highest BCUT2D eigenvalue weighted by Gasteiger charge is 2.18. The lowest BCUT2D eigenvalue weighted by Gasteiger charge is -2.17. The standard InChI is InChI=1S/C9H19N.C2H6/c1-8(2)6-10-5-4-9(3)7-10;1-2/h8-9H,4-7H2,1-3H3;1-2H3/t9-;/m1./s1. The molecule has 0 spiro atoms. The van der Waals surface area contributed by atoms with Crippen molar-refractivity contribution in [3.05, 3.63) is 0 Å². The Kier molecular flexibility index (Phi) is 6.45. The van der Waals surface area contributed by atoms with Crippen LogP contribution in [0.1, 0.15) is 41.0 Å². The second-order valence-corrected chi connectivity index (χ2v) is 4.05. The van der Waals surface area contributed by atoms with E-state index in [0.29, 0.717) is 0 Å². The van der Waals surface area contributed by atoms with E-state index >= 15 is 0 Å². The van der Waals surface area contributed by atoms with Crippen LogP contribution in [0.5, 0.6) is 0 Å². The largest absolute Gasteiger partial charge is 0.303 e. The smallest absolute Gasteiger partial charge is 0.000761 e. The highest BCUT2D eigenvalue weighted by atomic mass is 15.1. The van der Waals surface area contributed by atoms with Crippen LogP contribution in [0.4, 0.5) is 0 Å². The van der Waals surface area contributed by atoms with Crippen LogP contribution < -0.4 is 0 Å². The molecule has 0 aromatic rings. The van der Waals surface area contributed by atoms with Gasteiger partial charge in [-0.25, -0.2) is 0 Å². The lowest BCUT2D eigenvalue weighted by Crippen LogP contribution is -2.24. The molecule has 1 heteroatoms. The highest BCUT2D eigenvalue weighted by molar-refractivity contribution is 4.72. The van der Waals surface area contributed by atoms with Crippen molar-refractivity contribution in [3.8, 4) is 0 Å². The third-order valence-electron chi connectivity index (χ3n) is 2.13. The SMILES string of the molecule is CC.CC(C)CN1CC[C@@H](C)C1. The second kappa shape index (κ2) is 6.47. The molecule has 0 aromatic carbocycles. The highest BCUT2D eigenvalue weighted by Crippen LogP contribution is 2.15. The zero-order valence-corrected chi connectivity index (χ0v) is 9.43. The van der Waals surface area contributed by atoms with Gasteiger partial charge in [-0.05, 0) is 24.8 Å². The molecule has 0 saturated carbocycles. The van der Waals surface area contributed by atoms with E-state index in [4.69, 9.17) is 0 Å². The van der Waals surface area contributed by atoms with Gasteiger partial charge in [-0.3, -0.25) is 0 Å². The van der Waals surface area contributed by atoms with Gasteiger partial charge in [0.25, 0.3) is 0 Å². The number of hydrogen-bond donors (Lipinski definition) is 0. The van der Waals surface area contributed by atoms with Crippen LogP contribution in [0.25, 0.3) is 0 Å². The van der Waals surface area contributed by atoms with Gasteiger partial charge in [-0.1, -0.05) is 34.6 Å². The fourth-order valence-corrected chi connectivity index (χ4v) is 1.71. The first kappa shape index (κ1) is 12.0. The Morgan fingerprint density at radius 2 is 1.92 bits per heavy atom. The first-order chi connectivity index (χ1) is 5.68. The molecule has 0 unspecified atom stereocenters. The van der Waals surface area contributed by atoms with E-state index in [2.05, 4.69) is 25.7 Å². The van der Waals surface area contributed by atoms with E-state index < -0.39 is 0 Å². The van der Waals surface area contributed by atoms with Gasteiger partial charge < -0.3 is 4.90 Å². The van der Waals surface area contributed by atoms with Crippen molar-refractivity contribution in [1.29, 1.82) is 0 Å². The average molecular weight is 171 g/mol. The molecule has 0 radical (unpaired) electrons. The zero-order valence-electron chi connectivity index (χ0n) is 9.43. The molecule has 1 rings (SSSR count). The number of hydrogen-bond acceptors (Lipinski definition) is 1.